The zero-order valence-electron chi connectivity index (χ0n) is 13.3. The van der Waals surface area contributed by atoms with Crippen LogP contribution >= 0.6 is 0 Å². The minimum absolute atomic E-state index is 0.00636. The fraction of sp³-hybridized carbons (Fsp3) is 0.647. The van der Waals surface area contributed by atoms with Crippen molar-refractivity contribution in [3.8, 4) is 11.5 Å². The molecular formula is C17H28N2O2. The Balaban J connectivity index is 2.16. The summed E-state index contributed by atoms with van der Waals surface area (Å²) in [4.78, 5) is 2.37. The van der Waals surface area contributed by atoms with Gasteiger partial charge in [-0.25, -0.2) is 0 Å². The molecule has 0 radical (unpaired) electrons. The highest BCUT2D eigenvalue weighted by Crippen LogP contribution is 2.36. The molecule has 1 aliphatic heterocycles. The standard InChI is InChI=1S/C17H28N2O2/c1-12(2)19(11-14-6-5-9-18-10-14)13(3)17-15(20)7-4-8-16(17)21/h4,7-8,12-14,18,20-21H,5-6,9-11H2,1-3H3. The molecule has 0 spiro atoms. The fourth-order valence-corrected chi connectivity index (χ4v) is 3.33. The minimum Gasteiger partial charge on any atom is -0.507 e. The molecule has 0 aromatic heterocycles. The third kappa shape index (κ3) is 3.89. The first-order chi connectivity index (χ1) is 10.0. The van der Waals surface area contributed by atoms with Crippen molar-refractivity contribution in [2.75, 3.05) is 19.6 Å². The molecular weight excluding hydrogens is 264 g/mol. The van der Waals surface area contributed by atoms with Gasteiger partial charge in [0.25, 0.3) is 0 Å². The lowest BCUT2D eigenvalue weighted by Gasteiger charge is -2.37. The molecule has 0 amide bonds. The molecule has 118 valence electrons. The van der Waals surface area contributed by atoms with Crippen LogP contribution in [-0.2, 0) is 0 Å². The molecule has 1 heterocycles. The van der Waals surface area contributed by atoms with Crippen LogP contribution in [0.15, 0.2) is 18.2 Å². The molecule has 1 aromatic carbocycles. The number of benzene rings is 1. The van der Waals surface area contributed by atoms with Gasteiger partial charge in [-0.1, -0.05) is 6.07 Å². The molecule has 3 N–H and O–H groups in total. The lowest BCUT2D eigenvalue weighted by molar-refractivity contribution is 0.123. The summed E-state index contributed by atoms with van der Waals surface area (Å²) in [5.41, 5.74) is 0.634. The van der Waals surface area contributed by atoms with E-state index in [0.29, 0.717) is 17.5 Å². The van der Waals surface area contributed by atoms with Gasteiger partial charge in [-0.3, -0.25) is 4.90 Å². The zero-order valence-corrected chi connectivity index (χ0v) is 13.3. The second-order valence-electron chi connectivity index (χ2n) is 6.39. The lowest BCUT2D eigenvalue weighted by Crippen LogP contribution is -2.42. The quantitative estimate of drug-likeness (QED) is 0.781. The maximum absolute atomic E-state index is 10.1. The summed E-state index contributed by atoms with van der Waals surface area (Å²) in [5.74, 6) is 0.987. The van der Waals surface area contributed by atoms with E-state index in [4.69, 9.17) is 0 Å². The van der Waals surface area contributed by atoms with Crippen LogP contribution in [0.25, 0.3) is 0 Å². The summed E-state index contributed by atoms with van der Waals surface area (Å²) in [5, 5.41) is 23.7. The van der Waals surface area contributed by atoms with Crippen molar-refractivity contribution >= 4 is 0 Å². The number of hydrogen-bond acceptors (Lipinski definition) is 4. The molecule has 2 atom stereocenters. The average Bonchev–Trinajstić information content (AvgIpc) is 2.45. The molecule has 1 aromatic rings. The minimum atomic E-state index is -0.00636. The van der Waals surface area contributed by atoms with Gasteiger partial charge >= 0.3 is 0 Å². The highest BCUT2D eigenvalue weighted by molar-refractivity contribution is 5.45. The first-order valence-electron chi connectivity index (χ1n) is 7.98. The van der Waals surface area contributed by atoms with Crippen molar-refractivity contribution in [3.63, 3.8) is 0 Å². The first kappa shape index (κ1) is 16.1. The van der Waals surface area contributed by atoms with Gasteiger partial charge in [0.15, 0.2) is 0 Å². The average molecular weight is 292 g/mol. The van der Waals surface area contributed by atoms with Crippen LogP contribution in [0.2, 0.25) is 0 Å². The van der Waals surface area contributed by atoms with Crippen LogP contribution in [0.1, 0.15) is 45.2 Å². The molecule has 1 fully saturated rings. The van der Waals surface area contributed by atoms with E-state index in [9.17, 15) is 10.2 Å². The smallest absolute Gasteiger partial charge is 0.124 e. The van der Waals surface area contributed by atoms with E-state index in [1.807, 2.05) is 0 Å². The van der Waals surface area contributed by atoms with Gasteiger partial charge in [-0.2, -0.15) is 0 Å². The maximum Gasteiger partial charge on any atom is 0.124 e. The molecule has 21 heavy (non-hydrogen) atoms. The Morgan fingerprint density at radius 2 is 1.90 bits per heavy atom. The van der Waals surface area contributed by atoms with E-state index in [1.54, 1.807) is 18.2 Å². The van der Waals surface area contributed by atoms with Crippen LogP contribution in [-0.4, -0.2) is 40.8 Å². The molecule has 0 saturated carbocycles. The van der Waals surface area contributed by atoms with Crippen LogP contribution in [0.3, 0.4) is 0 Å². The monoisotopic (exact) mass is 292 g/mol. The summed E-state index contributed by atoms with van der Waals surface area (Å²) in [6.07, 6.45) is 2.47. The van der Waals surface area contributed by atoms with Crippen molar-refractivity contribution < 1.29 is 10.2 Å². The van der Waals surface area contributed by atoms with Crippen LogP contribution < -0.4 is 5.32 Å². The molecule has 4 nitrogen and oxygen atoms in total. The first-order valence-corrected chi connectivity index (χ1v) is 7.98. The summed E-state index contributed by atoms with van der Waals surface area (Å²) in [6, 6.07) is 5.32. The number of aromatic hydroxyl groups is 2. The van der Waals surface area contributed by atoms with Gasteiger partial charge in [0.2, 0.25) is 0 Å². The van der Waals surface area contributed by atoms with Crippen molar-refractivity contribution in [3.05, 3.63) is 23.8 Å². The number of hydrogen-bond donors (Lipinski definition) is 3. The third-order valence-electron chi connectivity index (χ3n) is 4.51. The van der Waals surface area contributed by atoms with Crippen LogP contribution in [0.5, 0.6) is 11.5 Å². The number of nitrogens with one attached hydrogen (secondary N) is 1. The highest BCUT2D eigenvalue weighted by Gasteiger charge is 2.26. The Hall–Kier alpha value is -1.26. The fourth-order valence-electron chi connectivity index (χ4n) is 3.33. The van der Waals surface area contributed by atoms with Gasteiger partial charge in [0.05, 0.1) is 5.56 Å². The van der Waals surface area contributed by atoms with E-state index in [-0.39, 0.29) is 17.5 Å². The SMILES string of the molecule is CC(C)N(CC1CCCNC1)C(C)c1c(O)cccc1O. The second kappa shape index (κ2) is 7.14. The van der Waals surface area contributed by atoms with Crippen LogP contribution in [0, 0.1) is 5.92 Å². The Bertz CT molecular complexity index is 436. The Labute approximate surface area is 127 Å². The Morgan fingerprint density at radius 1 is 1.24 bits per heavy atom. The molecule has 4 heteroatoms. The summed E-state index contributed by atoms with van der Waals surface area (Å²) >= 11 is 0. The van der Waals surface area contributed by atoms with Gasteiger partial charge < -0.3 is 15.5 Å². The molecule has 2 rings (SSSR count). The van der Waals surface area contributed by atoms with Crippen LogP contribution in [0.4, 0.5) is 0 Å². The van der Waals surface area contributed by atoms with Crippen molar-refractivity contribution in [1.82, 2.24) is 10.2 Å². The van der Waals surface area contributed by atoms with Crippen molar-refractivity contribution in [1.29, 1.82) is 0 Å². The summed E-state index contributed by atoms with van der Waals surface area (Å²) in [6.45, 7) is 9.56. The van der Waals surface area contributed by atoms with Gasteiger partial charge in [-0.15, -0.1) is 0 Å². The number of phenolic OH excluding ortho intramolecular Hbond substituents is 2. The molecule has 1 aliphatic rings. The van der Waals surface area contributed by atoms with Crippen molar-refractivity contribution in [2.24, 2.45) is 5.92 Å². The highest BCUT2D eigenvalue weighted by atomic mass is 16.3. The van der Waals surface area contributed by atoms with E-state index in [0.717, 1.165) is 19.6 Å². The lowest BCUT2D eigenvalue weighted by atomic mass is 9.96. The van der Waals surface area contributed by atoms with Gasteiger partial charge in [0.1, 0.15) is 11.5 Å². The Morgan fingerprint density at radius 3 is 2.43 bits per heavy atom. The number of rotatable bonds is 5. The largest absolute Gasteiger partial charge is 0.507 e. The normalized spacial score (nSPS) is 20.9. The second-order valence-corrected chi connectivity index (χ2v) is 6.39. The summed E-state index contributed by atoms with van der Waals surface area (Å²) < 4.78 is 0. The Kier molecular flexibility index (Phi) is 5.48. The summed E-state index contributed by atoms with van der Waals surface area (Å²) in [7, 11) is 0. The molecule has 0 aliphatic carbocycles. The third-order valence-corrected chi connectivity index (χ3v) is 4.51. The molecule has 1 saturated heterocycles. The maximum atomic E-state index is 10.1. The number of nitrogens with zero attached hydrogens (tertiary/aromatic N) is 1. The number of piperidine rings is 1. The zero-order chi connectivity index (χ0) is 15.4. The topological polar surface area (TPSA) is 55.7 Å². The predicted octanol–water partition coefficient (Wildman–Crippen LogP) is 2.87. The van der Waals surface area contributed by atoms with E-state index in [2.05, 4.69) is 31.0 Å². The van der Waals surface area contributed by atoms with Gasteiger partial charge in [-0.05, 0) is 64.8 Å². The number of phenols is 2. The molecule has 0 bridgehead atoms. The van der Waals surface area contributed by atoms with E-state index < -0.39 is 0 Å². The predicted molar refractivity (Wildman–Crippen MR) is 85.6 cm³/mol. The van der Waals surface area contributed by atoms with Crippen molar-refractivity contribution in [2.45, 2.75) is 45.7 Å². The van der Waals surface area contributed by atoms with E-state index >= 15 is 0 Å². The van der Waals surface area contributed by atoms with Gasteiger partial charge in [0, 0.05) is 18.6 Å². The van der Waals surface area contributed by atoms with E-state index in [1.165, 1.54) is 12.8 Å². The molecule has 2 unspecified atom stereocenters.